The van der Waals surface area contributed by atoms with Gasteiger partial charge in [0.05, 0.1) is 0 Å². The van der Waals surface area contributed by atoms with Gasteiger partial charge in [-0.05, 0) is 75.9 Å². The number of anilines is 2. The van der Waals surface area contributed by atoms with Gasteiger partial charge in [-0.3, -0.25) is 0 Å². The van der Waals surface area contributed by atoms with Gasteiger partial charge in [0.25, 0.3) is 0 Å². The van der Waals surface area contributed by atoms with Crippen LogP contribution < -0.4 is 24.9 Å². The Labute approximate surface area is 377 Å². The molecule has 3 nitrogen and oxygen atoms in total. The minimum Gasteiger partial charge on any atom is -0.464 e. The van der Waals surface area contributed by atoms with E-state index in [0.29, 0.717) is 0 Å². The van der Waals surface area contributed by atoms with E-state index in [1.165, 1.54) is 77.6 Å². The summed E-state index contributed by atoms with van der Waals surface area (Å²) in [7, 11) is 11.6. The maximum atomic E-state index is 6.25. The molecule has 7 heteroatoms. The summed E-state index contributed by atoms with van der Waals surface area (Å²) >= 11 is -1.88. The maximum absolute atomic E-state index is 6.25. The zero-order valence-electron chi connectivity index (χ0n) is 35.6. The van der Waals surface area contributed by atoms with Crippen LogP contribution in [0.3, 0.4) is 0 Å². The third-order valence-corrected chi connectivity index (χ3v) is 15.6. The molecular formula is C54H52Cl2N2OPRu-. The molecular weight excluding hydrogens is 896 g/mol. The first kappa shape index (κ1) is 44.2. The predicted molar refractivity (Wildman–Crippen MR) is 262 cm³/mol. The average Bonchev–Trinajstić information content (AvgIpc) is 3.90. The molecule has 0 atom stereocenters. The molecule has 0 spiro atoms. The Kier molecular flexibility index (Phi) is 15.1. The van der Waals surface area contributed by atoms with E-state index in [0.717, 1.165) is 22.9 Å². The average molecular weight is 948 g/mol. The molecule has 0 N–H and O–H groups in total. The van der Waals surface area contributed by atoms with Gasteiger partial charge in [0.1, 0.15) is 5.75 Å². The third-order valence-electron chi connectivity index (χ3n) is 10.6. The van der Waals surface area contributed by atoms with Crippen molar-refractivity contribution in [1.29, 1.82) is 0 Å². The van der Waals surface area contributed by atoms with E-state index in [9.17, 15) is 0 Å². The molecule has 7 aromatic carbocycles. The second kappa shape index (κ2) is 20.8. The number of aryl methyl sites for hydroxylation is 6. The number of nitrogens with zero attached hydrogens (tertiary/aromatic N) is 2. The number of rotatable bonds is 7. The van der Waals surface area contributed by atoms with Crippen LogP contribution in [0.2, 0.25) is 0 Å². The van der Waals surface area contributed by atoms with Crippen LogP contribution in [0, 0.1) is 48.2 Å². The molecule has 61 heavy (non-hydrogen) atoms. The van der Waals surface area contributed by atoms with Crippen LogP contribution >= 0.6 is 27.5 Å². The van der Waals surface area contributed by atoms with Gasteiger partial charge >= 0.3 is 120 Å². The summed E-state index contributed by atoms with van der Waals surface area (Å²) in [6.07, 6.45) is 2.15. The van der Waals surface area contributed by atoms with Gasteiger partial charge in [0.15, 0.2) is 8.15 Å². The van der Waals surface area contributed by atoms with Gasteiger partial charge in [-0.15, -0.1) is 0 Å². The Morgan fingerprint density at radius 2 is 0.902 bits per heavy atom. The van der Waals surface area contributed by atoms with Crippen molar-refractivity contribution in [2.24, 2.45) is 0 Å². The molecule has 1 aliphatic carbocycles. The molecule has 1 aliphatic heterocycles. The van der Waals surface area contributed by atoms with E-state index in [1.807, 2.05) is 66.7 Å². The normalized spacial score (nSPS) is 13.2. The van der Waals surface area contributed by atoms with E-state index in [1.54, 1.807) is 0 Å². The second-order valence-electron chi connectivity index (χ2n) is 15.4. The summed E-state index contributed by atoms with van der Waals surface area (Å²) in [6.45, 7) is 17.6. The molecule has 1 fully saturated rings. The van der Waals surface area contributed by atoms with E-state index >= 15 is 0 Å². The standard InChI is InChI=1S/C21H27N2.C18H15OP.C15H10.2ClH.Ru/c1-14-9-16(3)20(17(4)10-14)22-7-8-23(13-22)21-18(5)11-15(2)12-19(21)6;1-4-10-16(11-5-1)19-20(17-12-6-2-7-13-17)18-14-8-3-9-15-18;1-2-6-12(7-3-1)15-11-10-13-8-4-5-9-14(13)15;;;/h9-13H,7-8H2,1-6H3;1-15H;1-9,11H;2*1H;/q-1;;;;;+2/p-2. The first-order valence-corrected chi connectivity index (χ1v) is 27.1. The summed E-state index contributed by atoms with van der Waals surface area (Å²) < 4.78 is 7.37. The Morgan fingerprint density at radius 3 is 1.34 bits per heavy atom. The summed E-state index contributed by atoms with van der Waals surface area (Å²) in [6, 6.07) is 58.6. The van der Waals surface area contributed by atoms with Crippen molar-refractivity contribution in [3.63, 3.8) is 0 Å². The monoisotopic (exact) mass is 947 g/mol. The van der Waals surface area contributed by atoms with Crippen LogP contribution in [0.1, 0.15) is 50.1 Å². The molecule has 7 aromatic rings. The molecule has 312 valence electrons. The first-order valence-electron chi connectivity index (χ1n) is 20.5. The topological polar surface area (TPSA) is 15.7 Å². The van der Waals surface area contributed by atoms with Gasteiger partial charge in [0, 0.05) is 35.1 Å². The summed E-state index contributed by atoms with van der Waals surface area (Å²) in [4.78, 5) is 4.81. The van der Waals surface area contributed by atoms with E-state index in [2.05, 4.69) is 167 Å². The largest absolute Gasteiger partial charge is 0.464 e. The smallest absolute Gasteiger partial charge is 0.150 e. The van der Waals surface area contributed by atoms with Gasteiger partial charge in [-0.1, -0.05) is 114 Å². The molecule has 9 rings (SSSR count). The summed E-state index contributed by atoms with van der Waals surface area (Å²) in [5.41, 5.74) is 15.7. The number of hydrogen-bond donors (Lipinski definition) is 0. The molecule has 1 heterocycles. The number of para-hydroxylation sites is 1. The number of fused-ring (bicyclic) bond motifs is 1. The molecule has 1 saturated heterocycles. The van der Waals surface area contributed by atoms with Crippen molar-refractivity contribution in [2.45, 2.75) is 41.5 Å². The molecule has 0 aromatic heterocycles. The Morgan fingerprint density at radius 1 is 0.508 bits per heavy atom. The van der Waals surface area contributed by atoms with Crippen LogP contribution in [0.15, 0.2) is 176 Å². The summed E-state index contributed by atoms with van der Waals surface area (Å²) in [5.74, 6) is 0.909. The Balaban J connectivity index is 0.000000139. The van der Waals surface area contributed by atoms with Crippen LogP contribution in [0.5, 0.6) is 5.75 Å². The number of allylic oxidation sites excluding steroid dienone is 1. The molecule has 0 saturated carbocycles. The van der Waals surface area contributed by atoms with Crippen LogP contribution in [-0.4, -0.2) is 17.2 Å². The quantitative estimate of drug-likeness (QED) is 0.0900. The number of hydrogen-bond acceptors (Lipinski definition) is 3. The van der Waals surface area contributed by atoms with Gasteiger partial charge in [0.2, 0.25) is 0 Å². The number of halogens is 2. The zero-order chi connectivity index (χ0) is 42.9. The Hall–Kier alpha value is -4.82. The minimum atomic E-state index is -1.88. The maximum Gasteiger partial charge on any atom is 0.150 e. The van der Waals surface area contributed by atoms with Crippen LogP contribution in [0.25, 0.3) is 5.57 Å². The van der Waals surface area contributed by atoms with E-state index in [-0.39, 0.29) is 0 Å². The van der Waals surface area contributed by atoms with Crippen molar-refractivity contribution in [3.8, 4) is 5.75 Å². The van der Waals surface area contributed by atoms with Crippen LogP contribution in [-0.2, 0) is 13.5 Å². The van der Waals surface area contributed by atoms with Crippen molar-refractivity contribution < 1.29 is 18.0 Å². The fraction of sp³-hybridized carbons (Fsp3) is 0.148. The predicted octanol–water partition coefficient (Wildman–Crippen LogP) is 13.7. The van der Waals surface area contributed by atoms with Gasteiger partial charge in [-0.25, -0.2) is 0 Å². The van der Waals surface area contributed by atoms with Crippen molar-refractivity contribution in [2.75, 3.05) is 22.9 Å². The number of benzene rings is 7. The molecule has 0 amide bonds. The van der Waals surface area contributed by atoms with Crippen LogP contribution in [0.4, 0.5) is 11.4 Å². The molecule has 0 unspecified atom stereocenters. The summed E-state index contributed by atoms with van der Waals surface area (Å²) in [5, 5.41) is 2.44. The van der Waals surface area contributed by atoms with Crippen molar-refractivity contribution in [3.05, 3.63) is 233 Å². The molecule has 2 aliphatic rings. The third kappa shape index (κ3) is 11.0. The fourth-order valence-corrected chi connectivity index (χ4v) is 12.4. The first-order chi connectivity index (χ1) is 29.6. The van der Waals surface area contributed by atoms with E-state index < -0.39 is 21.7 Å². The van der Waals surface area contributed by atoms with Crippen molar-refractivity contribution in [1.82, 2.24) is 0 Å². The fourth-order valence-electron chi connectivity index (χ4n) is 8.22. The molecule has 0 radical (unpaired) electrons. The second-order valence-corrected chi connectivity index (χ2v) is 23.0. The zero-order valence-corrected chi connectivity index (χ0v) is 39.7. The minimum absolute atomic E-state index is 0.827. The van der Waals surface area contributed by atoms with Gasteiger partial charge < -0.3 is 14.3 Å². The molecule has 0 bridgehead atoms. The van der Waals surface area contributed by atoms with Crippen molar-refractivity contribution >= 4 is 59.2 Å². The van der Waals surface area contributed by atoms with Gasteiger partial charge in [-0.2, -0.15) is 6.67 Å². The van der Waals surface area contributed by atoms with E-state index in [4.69, 9.17) is 23.9 Å². The SMILES string of the molecule is Cc1cc(C)c(N2[CH-]N(c3c(C)cc(C)cc3C)CC2)c(C)c1.[Cl][Ru]([Cl])=[C]1C=C(c2ccccc2)c2ccccc21.c1ccc(OP(c2ccccc2)c2ccccc2)cc1. The Bertz CT molecular complexity index is 2480.